The summed E-state index contributed by atoms with van der Waals surface area (Å²) in [6.45, 7) is -0.0738. The maximum absolute atomic E-state index is 13.2. The number of esters is 1. The van der Waals surface area contributed by atoms with Gasteiger partial charge < -0.3 is 56.3 Å². The van der Waals surface area contributed by atoms with E-state index in [2.05, 4.69) is 16.0 Å². The number of carbonyl (C=O) groups excluding carboxylic acids is 3. The molecule has 2 saturated heterocycles. The summed E-state index contributed by atoms with van der Waals surface area (Å²) in [5, 5.41) is 70.6. The van der Waals surface area contributed by atoms with Gasteiger partial charge in [0.15, 0.2) is 0 Å². The van der Waals surface area contributed by atoms with Gasteiger partial charge in [0.1, 0.15) is 30.9 Å². The number of nitrogens with one attached hydrogen (secondary N) is 2. The van der Waals surface area contributed by atoms with Gasteiger partial charge in [-0.1, -0.05) is 36.4 Å². The van der Waals surface area contributed by atoms with E-state index in [0.29, 0.717) is 56.9 Å². The number of aliphatic carboxylic acids is 1. The number of benzene rings is 1. The number of phenolic OH excluding ortho intramolecular Hbond substituents is 1. The topological polar surface area (TPSA) is 253 Å². The molecule has 18 heteroatoms. The number of hydrogen-bond donors (Lipinski definition) is 8. The Morgan fingerprint density at radius 1 is 1.08 bits per heavy atom. The van der Waals surface area contributed by atoms with E-state index >= 15 is 0 Å². The molecule has 2 amide bonds. The van der Waals surface area contributed by atoms with Crippen molar-refractivity contribution in [1.82, 2.24) is 20.8 Å². The third-order valence-electron chi connectivity index (χ3n) is 8.51. The Bertz CT molecular complexity index is 1350. The molecule has 17 nitrogen and oxygen atoms in total. The molecule has 0 aliphatic carbocycles. The van der Waals surface area contributed by atoms with Crippen molar-refractivity contribution in [1.29, 1.82) is 0 Å². The third kappa shape index (κ3) is 16.6. The first-order chi connectivity index (χ1) is 25.0. The van der Waals surface area contributed by atoms with Crippen LogP contribution in [0.1, 0.15) is 82.4 Å². The first-order valence-electron chi connectivity index (χ1n) is 17.6. The Labute approximate surface area is 319 Å². The molecule has 8 N–H and O–H groups in total. The van der Waals surface area contributed by atoms with Crippen LogP contribution in [0.2, 0.25) is 0 Å². The van der Waals surface area contributed by atoms with Crippen LogP contribution in [-0.2, 0) is 45.7 Å². The van der Waals surface area contributed by atoms with Crippen molar-refractivity contribution < 1.29 is 76.6 Å². The van der Waals surface area contributed by atoms with Crippen LogP contribution in [0.25, 0.3) is 5.32 Å². The molecule has 0 spiro atoms. The molecule has 2 aliphatic heterocycles. The maximum Gasteiger partial charge on any atom is 0.328 e. The van der Waals surface area contributed by atoms with Crippen LogP contribution in [0.3, 0.4) is 0 Å². The van der Waals surface area contributed by atoms with Crippen molar-refractivity contribution in [3.8, 4) is 5.75 Å². The Morgan fingerprint density at radius 3 is 2.57 bits per heavy atom. The number of carbonyl (C=O) groups is 4. The van der Waals surface area contributed by atoms with E-state index in [1.54, 1.807) is 30.4 Å². The van der Waals surface area contributed by atoms with Crippen molar-refractivity contribution in [2.45, 2.75) is 107 Å². The minimum atomic E-state index is -1.27. The number of unbranched alkanes of at least 4 members (excludes halogenated alkanes) is 2. The molecule has 3 unspecified atom stereocenters. The summed E-state index contributed by atoms with van der Waals surface area (Å²) in [6, 6.07) is 3.64. The van der Waals surface area contributed by atoms with E-state index in [1.165, 1.54) is 12.1 Å². The van der Waals surface area contributed by atoms with Gasteiger partial charge in [0.05, 0.1) is 12.5 Å². The summed E-state index contributed by atoms with van der Waals surface area (Å²) >= 11 is 0. The number of hydrogen-bond acceptors (Lipinski definition) is 13. The van der Waals surface area contributed by atoms with Crippen LogP contribution >= 0.6 is 0 Å². The molecule has 6 atom stereocenters. The second-order valence-corrected chi connectivity index (χ2v) is 12.6. The second-order valence-electron chi connectivity index (χ2n) is 12.6. The van der Waals surface area contributed by atoms with Gasteiger partial charge in [-0.2, -0.15) is 10.1 Å². The predicted octanol–water partition coefficient (Wildman–Crippen LogP) is 2.19. The number of carboxylic acid groups (broad SMARTS) is 1. The van der Waals surface area contributed by atoms with E-state index in [9.17, 15) is 44.9 Å². The van der Waals surface area contributed by atoms with Crippen molar-refractivity contribution in [3.05, 3.63) is 59.4 Å². The number of allylic oxidation sites excluding steroid dienone is 3. The zero-order valence-corrected chi connectivity index (χ0v) is 30.6. The average molecular weight is 791 g/mol. The number of aromatic hydroxyl groups is 1. The molecular weight excluding hydrogens is 738 g/mol. The number of amides is 2. The largest absolute Gasteiger partial charge is 0.620 e. The Kier molecular flexibility index (Phi) is 21.4. The smallest absolute Gasteiger partial charge is 0.328 e. The number of carboxylic acids is 1. The van der Waals surface area contributed by atoms with Crippen LogP contribution in [-0.4, -0.2) is 122 Å². The summed E-state index contributed by atoms with van der Waals surface area (Å²) in [5.41, 5.74) is 0.394. The first-order valence-corrected chi connectivity index (χ1v) is 17.6. The molecule has 1 aromatic rings. The molecular formula is C35H52FeN5O12-. The zero-order chi connectivity index (χ0) is 37.9. The van der Waals surface area contributed by atoms with Crippen LogP contribution in [0.15, 0.2) is 48.6 Å². The molecule has 0 aromatic heterocycles. The van der Waals surface area contributed by atoms with E-state index in [4.69, 9.17) is 14.6 Å². The number of hydroxylamine groups is 4. The minimum Gasteiger partial charge on any atom is -0.620 e. The number of aliphatic hydroxyl groups is 2. The maximum atomic E-state index is 13.2. The number of phenols is 1. The standard InChI is InChI=1S/C35H52N5O12.Fe/c41-28-16-8-7-13-24(28)33-38-27(23-52-33)32(46)37-26(35(48)51-22-19-29(42)36-25-14-9-12-21-40(50)34(25)47)15-10-11-20-39(49)30(43)17-5-3-1-2-4-6-18-31(44)45;/h2,4-5,7-8,13,16-17,25-27,30,33-34,41,43,47,49-50H,1,3,6,9-12,14-15,18-23H2,(H,36,42)(H,37,46)(H,44,45);/q-1;/b4-2-,17-5-;/t25-,26-,27-,30?,33?,34?;/m0./s1. The van der Waals surface area contributed by atoms with Gasteiger partial charge in [0.2, 0.25) is 11.8 Å². The number of para-hydroxylation sites is 1. The summed E-state index contributed by atoms with van der Waals surface area (Å²) < 4.78 is 11.0. The van der Waals surface area contributed by atoms with E-state index < -0.39 is 60.6 Å². The Balaban J connectivity index is 0.00000972. The number of nitrogens with zero attached hydrogens (tertiary/aromatic N) is 3. The van der Waals surface area contributed by atoms with Gasteiger partial charge in [0.25, 0.3) is 0 Å². The molecule has 1 aromatic carbocycles. The SMILES string of the molecule is O=C(O)CC/C=C\CC/C=C\C(O)N(O)CCCC[C@H](NC(=O)[C@@H]1COC(c2ccccc2O)[N-]1)C(=O)OCCC(=O)N[C@H]1CCCCN(O)C1O.[Fe]. The molecule has 2 heterocycles. The van der Waals surface area contributed by atoms with Gasteiger partial charge in [-0.15, -0.1) is 0 Å². The third-order valence-corrected chi connectivity index (χ3v) is 8.51. The molecule has 2 aliphatic rings. The fourth-order valence-electron chi connectivity index (χ4n) is 5.56. The quantitative estimate of drug-likeness (QED) is 0.0222. The average Bonchev–Trinajstić information content (AvgIpc) is 3.55. The second kappa shape index (κ2) is 24.8. The molecule has 0 bridgehead atoms. The molecule has 0 saturated carbocycles. The summed E-state index contributed by atoms with van der Waals surface area (Å²) in [7, 11) is 0. The molecule has 298 valence electrons. The van der Waals surface area contributed by atoms with Gasteiger partial charge in [-0.05, 0) is 82.2 Å². The zero-order valence-electron chi connectivity index (χ0n) is 29.5. The van der Waals surface area contributed by atoms with Gasteiger partial charge in [-0.3, -0.25) is 14.4 Å². The van der Waals surface area contributed by atoms with Crippen LogP contribution in [0.4, 0.5) is 0 Å². The van der Waals surface area contributed by atoms with Crippen molar-refractivity contribution in [2.75, 3.05) is 26.3 Å². The van der Waals surface area contributed by atoms with Gasteiger partial charge in [0, 0.05) is 48.7 Å². The monoisotopic (exact) mass is 790 g/mol. The van der Waals surface area contributed by atoms with Gasteiger partial charge >= 0.3 is 11.9 Å². The first kappa shape index (κ1) is 45.7. The van der Waals surface area contributed by atoms with Gasteiger partial charge in [-0.25, -0.2) is 4.79 Å². The number of rotatable bonds is 21. The molecule has 0 radical (unpaired) electrons. The minimum absolute atomic E-state index is 0. The Morgan fingerprint density at radius 2 is 1.81 bits per heavy atom. The molecule has 2 fully saturated rings. The van der Waals surface area contributed by atoms with Crippen molar-refractivity contribution in [2.24, 2.45) is 0 Å². The normalized spacial score (nSPS) is 21.9. The van der Waals surface area contributed by atoms with Crippen LogP contribution in [0, 0.1) is 0 Å². The van der Waals surface area contributed by atoms with E-state index in [0.717, 1.165) is 10.1 Å². The summed E-state index contributed by atoms with van der Waals surface area (Å²) in [5.74, 6) is -2.79. The number of aliphatic hydroxyl groups excluding tert-OH is 2. The number of ether oxygens (including phenoxy) is 2. The molecule has 53 heavy (non-hydrogen) atoms. The van der Waals surface area contributed by atoms with E-state index in [-0.39, 0.29) is 68.4 Å². The summed E-state index contributed by atoms with van der Waals surface area (Å²) in [6.07, 6.45) is 7.40. The fraction of sp³-hybridized carbons (Fsp3) is 0.600. The van der Waals surface area contributed by atoms with Crippen LogP contribution < -0.4 is 10.6 Å². The van der Waals surface area contributed by atoms with Crippen molar-refractivity contribution in [3.63, 3.8) is 0 Å². The van der Waals surface area contributed by atoms with E-state index in [1.807, 2.05) is 6.08 Å². The fourth-order valence-corrected chi connectivity index (χ4v) is 5.56. The summed E-state index contributed by atoms with van der Waals surface area (Å²) in [4.78, 5) is 49.4. The van der Waals surface area contributed by atoms with Crippen molar-refractivity contribution >= 4 is 23.8 Å². The van der Waals surface area contributed by atoms with Crippen LogP contribution in [0.5, 0.6) is 5.75 Å². The predicted molar refractivity (Wildman–Crippen MR) is 184 cm³/mol. The Hall–Kier alpha value is -3.42. The molecule has 3 rings (SSSR count).